The Hall–Kier alpha value is -2.78. The molecule has 0 aromatic heterocycles. The van der Waals surface area contributed by atoms with Gasteiger partial charge < -0.3 is 15.0 Å². The van der Waals surface area contributed by atoms with E-state index in [0.29, 0.717) is 42.4 Å². The highest BCUT2D eigenvalue weighted by Gasteiger charge is 2.28. The first-order chi connectivity index (χ1) is 17.6. The number of rotatable bonds is 15. The summed E-state index contributed by atoms with van der Waals surface area (Å²) >= 11 is 6.21. The maximum absolute atomic E-state index is 13.4. The molecule has 0 fully saturated rings. The Kier molecular flexibility index (Phi) is 12.2. The third-order valence-electron chi connectivity index (χ3n) is 5.99. The van der Waals surface area contributed by atoms with Gasteiger partial charge in [0.1, 0.15) is 11.8 Å². The molecule has 2 aromatic rings. The summed E-state index contributed by atoms with van der Waals surface area (Å²) in [4.78, 5) is 27.9. The lowest BCUT2D eigenvalue weighted by Crippen LogP contribution is -2.50. The first-order valence-corrected chi connectivity index (χ1v) is 14.8. The standard InChI is InChI=1S/C27H38ClN3O5S/c1-5-17-29-27(33)24(6-2)30(19-16-21-11-8-7-9-12-21)26(32)13-10-18-31(37(4,34)35)22-14-15-25(36-3)23(28)20-22/h7-9,11-12,14-15,20,24H,5-6,10,13,16-19H2,1-4H3,(H,29,33). The van der Waals surface area contributed by atoms with Crippen molar-refractivity contribution in [1.82, 2.24) is 10.2 Å². The lowest BCUT2D eigenvalue weighted by Gasteiger charge is -2.31. The van der Waals surface area contributed by atoms with Gasteiger partial charge in [0.2, 0.25) is 21.8 Å². The largest absolute Gasteiger partial charge is 0.495 e. The SMILES string of the molecule is CCCNC(=O)C(CC)N(CCc1ccccc1)C(=O)CCCN(c1ccc(OC)c(Cl)c1)S(C)(=O)=O. The highest BCUT2D eigenvalue weighted by atomic mass is 35.5. The second-order valence-electron chi connectivity index (χ2n) is 8.80. The molecule has 2 amide bonds. The molecule has 0 spiro atoms. The molecule has 0 heterocycles. The van der Waals surface area contributed by atoms with E-state index in [1.165, 1.54) is 17.5 Å². The molecule has 2 rings (SSSR count). The molecule has 1 N–H and O–H groups in total. The number of nitrogens with one attached hydrogen (secondary N) is 1. The Bertz CT molecular complexity index is 1130. The fourth-order valence-corrected chi connectivity index (χ4v) is 5.29. The molecule has 0 saturated heterocycles. The number of carbonyl (C=O) groups is 2. The molecular weight excluding hydrogens is 514 g/mol. The van der Waals surface area contributed by atoms with Crippen LogP contribution in [-0.4, -0.2) is 64.2 Å². The Balaban J connectivity index is 2.16. The number of halogens is 1. The maximum Gasteiger partial charge on any atom is 0.242 e. The van der Waals surface area contributed by atoms with Crippen LogP contribution in [0.3, 0.4) is 0 Å². The summed E-state index contributed by atoms with van der Waals surface area (Å²) in [6, 6.07) is 14.0. The molecule has 10 heteroatoms. The van der Waals surface area contributed by atoms with E-state index in [2.05, 4.69) is 5.32 Å². The monoisotopic (exact) mass is 551 g/mol. The van der Waals surface area contributed by atoms with Gasteiger partial charge >= 0.3 is 0 Å². The zero-order chi connectivity index (χ0) is 27.4. The average Bonchev–Trinajstić information content (AvgIpc) is 2.87. The molecule has 0 aliphatic heterocycles. The quantitative estimate of drug-likeness (QED) is 0.356. The van der Waals surface area contributed by atoms with Crippen molar-refractivity contribution in [1.29, 1.82) is 0 Å². The fraction of sp³-hybridized carbons (Fsp3) is 0.481. The van der Waals surface area contributed by atoms with E-state index >= 15 is 0 Å². The van der Waals surface area contributed by atoms with E-state index in [1.54, 1.807) is 17.0 Å². The smallest absolute Gasteiger partial charge is 0.242 e. The van der Waals surface area contributed by atoms with Gasteiger partial charge in [-0.1, -0.05) is 55.8 Å². The summed E-state index contributed by atoms with van der Waals surface area (Å²) in [7, 11) is -2.14. The lowest BCUT2D eigenvalue weighted by molar-refractivity contribution is -0.140. The zero-order valence-electron chi connectivity index (χ0n) is 22.1. The van der Waals surface area contributed by atoms with Crippen LogP contribution < -0.4 is 14.4 Å². The number of nitrogens with zero attached hydrogens (tertiary/aromatic N) is 2. The number of amides is 2. The Morgan fingerprint density at radius 1 is 1.08 bits per heavy atom. The van der Waals surface area contributed by atoms with Gasteiger partial charge in [-0.15, -0.1) is 0 Å². The van der Waals surface area contributed by atoms with E-state index in [9.17, 15) is 18.0 Å². The predicted octanol–water partition coefficient (Wildman–Crippen LogP) is 4.27. The third-order valence-corrected chi connectivity index (χ3v) is 7.48. The third kappa shape index (κ3) is 9.23. The number of methoxy groups -OCH3 is 1. The van der Waals surface area contributed by atoms with Gasteiger partial charge in [0.05, 0.1) is 24.1 Å². The maximum atomic E-state index is 13.4. The molecular formula is C27H38ClN3O5S. The van der Waals surface area contributed by atoms with E-state index in [-0.39, 0.29) is 31.2 Å². The average molecular weight is 552 g/mol. The van der Waals surface area contributed by atoms with Crippen LogP contribution in [0.4, 0.5) is 5.69 Å². The topological polar surface area (TPSA) is 96.0 Å². The van der Waals surface area contributed by atoms with Gasteiger partial charge in [-0.05, 0) is 49.4 Å². The van der Waals surface area contributed by atoms with Crippen molar-refractivity contribution in [3.05, 3.63) is 59.1 Å². The van der Waals surface area contributed by atoms with Crippen molar-refractivity contribution >= 4 is 39.1 Å². The van der Waals surface area contributed by atoms with E-state index < -0.39 is 16.1 Å². The molecule has 37 heavy (non-hydrogen) atoms. The first-order valence-electron chi connectivity index (χ1n) is 12.5. The molecule has 0 radical (unpaired) electrons. The summed E-state index contributed by atoms with van der Waals surface area (Å²) in [6.45, 7) is 4.90. The van der Waals surface area contributed by atoms with Gasteiger partial charge in [-0.2, -0.15) is 0 Å². The summed E-state index contributed by atoms with van der Waals surface area (Å²) in [6.07, 6.45) is 3.40. The van der Waals surface area contributed by atoms with Crippen molar-refractivity contribution in [3.8, 4) is 5.75 Å². The Morgan fingerprint density at radius 3 is 2.35 bits per heavy atom. The molecule has 204 valence electrons. The molecule has 8 nitrogen and oxygen atoms in total. The number of hydrogen-bond acceptors (Lipinski definition) is 5. The summed E-state index contributed by atoms with van der Waals surface area (Å²) in [5, 5.41) is 3.20. The molecule has 2 aromatic carbocycles. The van der Waals surface area contributed by atoms with Crippen molar-refractivity contribution in [2.45, 2.75) is 52.0 Å². The van der Waals surface area contributed by atoms with Crippen LogP contribution in [0.5, 0.6) is 5.75 Å². The van der Waals surface area contributed by atoms with E-state index in [1.807, 2.05) is 44.2 Å². The van der Waals surface area contributed by atoms with Gasteiger partial charge in [0.15, 0.2) is 0 Å². The number of hydrogen-bond donors (Lipinski definition) is 1. The van der Waals surface area contributed by atoms with Gasteiger partial charge in [0.25, 0.3) is 0 Å². The van der Waals surface area contributed by atoms with Crippen LogP contribution >= 0.6 is 11.6 Å². The molecule has 1 unspecified atom stereocenters. The Morgan fingerprint density at radius 2 is 1.78 bits per heavy atom. The first kappa shape index (κ1) is 30.4. The summed E-state index contributed by atoms with van der Waals surface area (Å²) < 4.78 is 31.4. The molecule has 1 atom stereocenters. The van der Waals surface area contributed by atoms with Crippen molar-refractivity contribution in [3.63, 3.8) is 0 Å². The van der Waals surface area contributed by atoms with Crippen LogP contribution in [0.25, 0.3) is 0 Å². The number of ether oxygens (including phenoxy) is 1. The predicted molar refractivity (Wildman–Crippen MR) is 149 cm³/mol. The second kappa shape index (κ2) is 14.8. The number of benzene rings is 2. The van der Waals surface area contributed by atoms with Crippen LogP contribution in [-0.2, 0) is 26.0 Å². The van der Waals surface area contributed by atoms with Crippen molar-refractivity contribution in [2.24, 2.45) is 0 Å². The normalized spacial score (nSPS) is 12.0. The lowest BCUT2D eigenvalue weighted by atomic mass is 10.1. The molecule has 0 saturated carbocycles. The van der Waals surface area contributed by atoms with Crippen LogP contribution in [0, 0.1) is 0 Å². The zero-order valence-corrected chi connectivity index (χ0v) is 23.6. The van der Waals surface area contributed by atoms with Crippen LogP contribution in [0.1, 0.15) is 45.1 Å². The van der Waals surface area contributed by atoms with Gasteiger partial charge in [-0.25, -0.2) is 8.42 Å². The highest BCUT2D eigenvalue weighted by molar-refractivity contribution is 7.92. The van der Waals surface area contributed by atoms with Crippen molar-refractivity contribution in [2.75, 3.05) is 37.3 Å². The van der Waals surface area contributed by atoms with Gasteiger partial charge in [-0.3, -0.25) is 13.9 Å². The number of carbonyl (C=O) groups excluding carboxylic acids is 2. The van der Waals surface area contributed by atoms with Crippen LogP contribution in [0.15, 0.2) is 48.5 Å². The Labute approximate surface area is 226 Å². The molecule has 0 aliphatic carbocycles. The number of anilines is 1. The van der Waals surface area contributed by atoms with Crippen LogP contribution in [0.2, 0.25) is 5.02 Å². The van der Waals surface area contributed by atoms with Crippen molar-refractivity contribution < 1.29 is 22.7 Å². The second-order valence-corrected chi connectivity index (χ2v) is 11.1. The fourth-order valence-electron chi connectivity index (χ4n) is 4.08. The highest BCUT2D eigenvalue weighted by Crippen LogP contribution is 2.30. The van der Waals surface area contributed by atoms with Gasteiger partial charge in [0, 0.05) is 26.1 Å². The minimum Gasteiger partial charge on any atom is -0.495 e. The summed E-state index contributed by atoms with van der Waals surface area (Å²) in [5.74, 6) is 0.0853. The number of sulfonamides is 1. The minimum absolute atomic E-state index is 0.0958. The molecule has 0 aliphatic rings. The summed E-state index contributed by atoms with van der Waals surface area (Å²) in [5.41, 5.74) is 1.47. The minimum atomic E-state index is -3.62. The molecule has 0 bridgehead atoms. The van der Waals surface area contributed by atoms with E-state index in [4.69, 9.17) is 16.3 Å². The van der Waals surface area contributed by atoms with E-state index in [0.717, 1.165) is 18.2 Å².